The Kier molecular flexibility index (Phi) is 6.39. The van der Waals surface area contributed by atoms with E-state index in [1.807, 2.05) is 0 Å². The maximum Gasteiger partial charge on any atom is 0.269 e. The molecule has 0 aliphatic heterocycles. The van der Waals surface area contributed by atoms with Crippen molar-refractivity contribution < 1.29 is 22.4 Å². The van der Waals surface area contributed by atoms with Gasteiger partial charge in [-0.2, -0.15) is 0 Å². The van der Waals surface area contributed by atoms with Crippen LogP contribution in [0.15, 0.2) is 38.2 Å². The van der Waals surface area contributed by atoms with Crippen LogP contribution in [0.2, 0.25) is 0 Å². The van der Waals surface area contributed by atoms with Crippen LogP contribution < -0.4 is 4.31 Å². The predicted molar refractivity (Wildman–Crippen MR) is 92.5 cm³/mol. The van der Waals surface area contributed by atoms with Gasteiger partial charge in [-0.05, 0) is 41.9 Å². The number of halogens is 1. The van der Waals surface area contributed by atoms with Crippen molar-refractivity contribution in [1.82, 2.24) is 5.16 Å². The minimum atomic E-state index is -3.89. The van der Waals surface area contributed by atoms with Crippen molar-refractivity contribution in [3.05, 3.63) is 40.0 Å². The first-order valence-corrected chi connectivity index (χ1v) is 9.39. The number of ether oxygens (including phenoxy) is 2. The summed E-state index contributed by atoms with van der Waals surface area (Å²) in [6.07, 6.45) is 0. The largest absolute Gasteiger partial charge is 0.382 e. The van der Waals surface area contributed by atoms with E-state index in [4.69, 9.17) is 14.0 Å². The zero-order chi connectivity index (χ0) is 17.7. The average Bonchev–Trinajstić information content (AvgIpc) is 2.87. The average molecular weight is 419 g/mol. The molecule has 0 unspecified atom stereocenters. The second kappa shape index (κ2) is 8.11. The standard InChI is InChI=1S/C15H19BrN2O5S/c1-11-12(2)17-23-15(11)18(10-22-9-8-21-3)24(19,20)14-7-5-4-6-13(14)16/h4-7H,8-10H2,1-3H3. The molecule has 0 saturated heterocycles. The van der Waals surface area contributed by atoms with Crippen molar-refractivity contribution in [3.63, 3.8) is 0 Å². The van der Waals surface area contributed by atoms with Gasteiger partial charge in [-0.1, -0.05) is 17.3 Å². The molecule has 1 aromatic heterocycles. The zero-order valence-electron chi connectivity index (χ0n) is 13.7. The fourth-order valence-electron chi connectivity index (χ4n) is 1.94. The molecule has 132 valence electrons. The molecule has 24 heavy (non-hydrogen) atoms. The quantitative estimate of drug-likeness (QED) is 0.484. The highest BCUT2D eigenvalue weighted by atomic mass is 79.9. The third-order valence-corrected chi connectivity index (χ3v) is 6.12. The summed E-state index contributed by atoms with van der Waals surface area (Å²) >= 11 is 3.28. The van der Waals surface area contributed by atoms with E-state index in [9.17, 15) is 8.42 Å². The van der Waals surface area contributed by atoms with Crippen LogP contribution in [-0.4, -0.2) is 40.6 Å². The minimum Gasteiger partial charge on any atom is -0.382 e. The highest BCUT2D eigenvalue weighted by molar-refractivity contribution is 9.10. The summed E-state index contributed by atoms with van der Waals surface area (Å²) in [6.45, 7) is 3.90. The van der Waals surface area contributed by atoms with Crippen LogP contribution in [0.3, 0.4) is 0 Å². The maximum absolute atomic E-state index is 13.1. The molecule has 0 fully saturated rings. The molecule has 0 atom stereocenters. The topological polar surface area (TPSA) is 81.9 Å². The summed E-state index contributed by atoms with van der Waals surface area (Å²) in [6, 6.07) is 6.57. The highest BCUT2D eigenvalue weighted by Gasteiger charge is 2.31. The van der Waals surface area contributed by atoms with Gasteiger partial charge in [-0.25, -0.2) is 12.7 Å². The number of anilines is 1. The number of hydrogen-bond donors (Lipinski definition) is 0. The van der Waals surface area contributed by atoms with Crippen molar-refractivity contribution in [2.75, 3.05) is 31.4 Å². The molecule has 0 aliphatic carbocycles. The van der Waals surface area contributed by atoms with Crippen molar-refractivity contribution in [1.29, 1.82) is 0 Å². The molecular weight excluding hydrogens is 400 g/mol. The van der Waals surface area contributed by atoms with Gasteiger partial charge in [0, 0.05) is 17.1 Å². The van der Waals surface area contributed by atoms with Crippen LogP contribution in [0.1, 0.15) is 11.3 Å². The van der Waals surface area contributed by atoms with Crippen LogP contribution in [0, 0.1) is 13.8 Å². The molecule has 0 spiro atoms. The fourth-order valence-corrected chi connectivity index (χ4v) is 4.24. The van der Waals surface area contributed by atoms with Crippen molar-refractivity contribution in [2.45, 2.75) is 18.7 Å². The second-order valence-corrected chi connectivity index (χ2v) is 7.70. The van der Waals surface area contributed by atoms with Crippen molar-refractivity contribution in [3.8, 4) is 0 Å². The van der Waals surface area contributed by atoms with Gasteiger partial charge in [0.2, 0.25) is 5.88 Å². The maximum atomic E-state index is 13.1. The number of methoxy groups -OCH3 is 1. The summed E-state index contributed by atoms with van der Waals surface area (Å²) in [5.74, 6) is 0.140. The van der Waals surface area contributed by atoms with E-state index in [-0.39, 0.29) is 24.1 Å². The Morgan fingerprint density at radius 2 is 1.96 bits per heavy atom. The van der Waals surface area contributed by atoms with Crippen LogP contribution in [0.4, 0.5) is 5.88 Å². The van der Waals surface area contributed by atoms with Gasteiger partial charge in [-0.3, -0.25) is 0 Å². The zero-order valence-corrected chi connectivity index (χ0v) is 16.1. The fraction of sp³-hybridized carbons (Fsp3) is 0.400. The van der Waals surface area contributed by atoms with Gasteiger partial charge in [0.1, 0.15) is 11.6 Å². The molecule has 1 heterocycles. The van der Waals surface area contributed by atoms with Crippen LogP contribution >= 0.6 is 15.9 Å². The first kappa shape index (κ1) is 18.9. The Hall–Kier alpha value is -1.42. The van der Waals surface area contributed by atoms with E-state index in [2.05, 4.69) is 21.1 Å². The molecule has 2 rings (SSSR count). The van der Waals surface area contributed by atoms with E-state index >= 15 is 0 Å². The lowest BCUT2D eigenvalue weighted by Gasteiger charge is -2.22. The van der Waals surface area contributed by atoms with E-state index in [1.54, 1.807) is 39.2 Å². The molecule has 9 heteroatoms. The Balaban J connectivity index is 2.41. The van der Waals surface area contributed by atoms with E-state index in [0.29, 0.717) is 22.3 Å². The number of sulfonamides is 1. The molecule has 1 aromatic carbocycles. The smallest absolute Gasteiger partial charge is 0.269 e. The molecule has 0 N–H and O–H groups in total. The van der Waals surface area contributed by atoms with Gasteiger partial charge in [0.05, 0.1) is 18.9 Å². The molecule has 0 bridgehead atoms. The molecule has 0 radical (unpaired) electrons. The predicted octanol–water partition coefficient (Wildman–Crippen LogP) is 2.87. The van der Waals surface area contributed by atoms with Gasteiger partial charge in [-0.15, -0.1) is 0 Å². The Morgan fingerprint density at radius 1 is 1.25 bits per heavy atom. The minimum absolute atomic E-state index is 0.119. The van der Waals surface area contributed by atoms with Crippen molar-refractivity contribution in [2.24, 2.45) is 0 Å². The lowest BCUT2D eigenvalue weighted by molar-refractivity contribution is 0.0744. The van der Waals surface area contributed by atoms with Gasteiger partial charge >= 0.3 is 0 Å². The summed E-state index contributed by atoms with van der Waals surface area (Å²) < 4.78 is 43.2. The molecule has 7 nitrogen and oxygen atoms in total. The van der Waals surface area contributed by atoms with E-state index < -0.39 is 10.0 Å². The molecule has 0 saturated carbocycles. The van der Waals surface area contributed by atoms with E-state index in [0.717, 1.165) is 4.31 Å². The third kappa shape index (κ3) is 3.97. The number of rotatable bonds is 8. The number of benzene rings is 1. The van der Waals surface area contributed by atoms with Gasteiger partial charge in [0.25, 0.3) is 10.0 Å². The van der Waals surface area contributed by atoms with Gasteiger partial charge < -0.3 is 14.0 Å². The Morgan fingerprint density at radius 3 is 2.54 bits per heavy atom. The monoisotopic (exact) mass is 418 g/mol. The molecule has 0 aliphatic rings. The summed E-state index contributed by atoms with van der Waals surface area (Å²) in [4.78, 5) is 0.119. The van der Waals surface area contributed by atoms with Crippen LogP contribution in [0.25, 0.3) is 0 Å². The first-order valence-electron chi connectivity index (χ1n) is 7.16. The third-order valence-electron chi connectivity index (χ3n) is 3.40. The summed E-state index contributed by atoms with van der Waals surface area (Å²) in [5, 5.41) is 3.84. The lowest BCUT2D eigenvalue weighted by Crippen LogP contribution is -2.34. The van der Waals surface area contributed by atoms with Crippen molar-refractivity contribution >= 4 is 31.8 Å². The number of aryl methyl sites for hydroxylation is 1. The summed E-state index contributed by atoms with van der Waals surface area (Å²) in [5.41, 5.74) is 1.26. The van der Waals surface area contributed by atoms with Crippen LogP contribution in [-0.2, 0) is 19.5 Å². The number of hydrogen-bond acceptors (Lipinski definition) is 6. The molecule has 2 aromatic rings. The highest BCUT2D eigenvalue weighted by Crippen LogP contribution is 2.31. The Bertz CT molecular complexity index is 791. The normalized spacial score (nSPS) is 11.7. The number of aromatic nitrogens is 1. The number of nitrogens with zero attached hydrogens (tertiary/aromatic N) is 2. The molecular formula is C15H19BrN2O5S. The van der Waals surface area contributed by atoms with Gasteiger partial charge in [0.15, 0.2) is 0 Å². The second-order valence-electron chi connectivity index (χ2n) is 5.01. The lowest BCUT2D eigenvalue weighted by atomic mass is 10.3. The Labute approximate surface area is 149 Å². The van der Waals surface area contributed by atoms with Crippen LogP contribution in [0.5, 0.6) is 0 Å². The van der Waals surface area contributed by atoms with E-state index in [1.165, 1.54) is 6.07 Å². The molecule has 0 amide bonds. The summed E-state index contributed by atoms with van der Waals surface area (Å²) in [7, 11) is -2.35. The SMILES string of the molecule is COCCOCN(c1onc(C)c1C)S(=O)(=O)c1ccccc1Br. The first-order chi connectivity index (χ1) is 11.4.